The van der Waals surface area contributed by atoms with Crippen LogP contribution in [-0.2, 0) is 6.42 Å². The second-order valence-corrected chi connectivity index (χ2v) is 6.07. The van der Waals surface area contributed by atoms with Gasteiger partial charge in [0.25, 0.3) is 0 Å². The quantitative estimate of drug-likeness (QED) is 0.863. The molecule has 1 aromatic carbocycles. The molecule has 0 aliphatic heterocycles. The molecule has 2 aromatic rings. The number of rotatable bonds is 3. The van der Waals surface area contributed by atoms with Gasteiger partial charge >= 0.3 is 0 Å². The molecule has 1 N–H and O–H groups in total. The van der Waals surface area contributed by atoms with E-state index in [9.17, 15) is 0 Å². The molecule has 0 saturated heterocycles. The topological polar surface area (TPSA) is 12.0 Å². The summed E-state index contributed by atoms with van der Waals surface area (Å²) in [6.07, 6.45) is 2.46. The second kappa shape index (κ2) is 4.87. The molecule has 0 spiro atoms. The predicted molar refractivity (Wildman–Crippen MR) is 79.2 cm³/mol. The Bertz CT molecular complexity index is 554. The molecule has 1 heterocycles. The number of hydrogen-bond donors (Lipinski definition) is 1. The Kier molecular flexibility index (Phi) is 3.23. The average molecular weight is 257 g/mol. The zero-order chi connectivity index (χ0) is 12.5. The first-order valence-corrected chi connectivity index (χ1v) is 7.58. The average Bonchev–Trinajstić information content (AvgIpc) is 2.96. The van der Waals surface area contributed by atoms with Crippen LogP contribution in [-0.4, -0.2) is 6.54 Å². The van der Waals surface area contributed by atoms with Gasteiger partial charge in [0.15, 0.2) is 0 Å². The van der Waals surface area contributed by atoms with Crippen LogP contribution in [0.2, 0.25) is 0 Å². The standard InChI is InChI=1S/C16H19NS/c1-3-17-16-7-6-12-4-5-13(10-15(12)16)14-8-9-18-11(14)2/h4-5,8-10,16-17H,3,6-7H2,1-2H3. The van der Waals surface area contributed by atoms with Crippen molar-refractivity contribution in [2.75, 3.05) is 6.54 Å². The van der Waals surface area contributed by atoms with Gasteiger partial charge in [-0.1, -0.05) is 19.1 Å². The van der Waals surface area contributed by atoms with Gasteiger partial charge in [0.1, 0.15) is 0 Å². The summed E-state index contributed by atoms with van der Waals surface area (Å²) >= 11 is 1.83. The van der Waals surface area contributed by atoms with Gasteiger partial charge < -0.3 is 5.32 Å². The SMILES string of the molecule is CCNC1CCc2ccc(-c3ccsc3C)cc21. The number of benzene rings is 1. The predicted octanol–water partition coefficient (Wildman–Crippen LogP) is 4.32. The van der Waals surface area contributed by atoms with Crippen LogP contribution in [0.25, 0.3) is 11.1 Å². The summed E-state index contributed by atoms with van der Waals surface area (Å²) in [4.78, 5) is 1.41. The molecule has 1 atom stereocenters. The molecule has 1 unspecified atom stereocenters. The molecule has 1 nitrogen and oxygen atoms in total. The van der Waals surface area contributed by atoms with Crippen molar-refractivity contribution in [3.8, 4) is 11.1 Å². The highest BCUT2D eigenvalue weighted by Crippen LogP contribution is 2.36. The van der Waals surface area contributed by atoms with Gasteiger partial charge in [-0.3, -0.25) is 0 Å². The Morgan fingerprint density at radius 2 is 2.22 bits per heavy atom. The third kappa shape index (κ3) is 2.00. The molecular formula is C16H19NS. The molecule has 0 amide bonds. The van der Waals surface area contributed by atoms with Crippen LogP contribution in [0.15, 0.2) is 29.6 Å². The van der Waals surface area contributed by atoms with Crippen LogP contribution in [0.1, 0.15) is 35.4 Å². The zero-order valence-corrected chi connectivity index (χ0v) is 11.8. The molecule has 0 saturated carbocycles. The smallest absolute Gasteiger partial charge is 0.0326 e. The maximum Gasteiger partial charge on any atom is 0.0326 e. The van der Waals surface area contributed by atoms with Gasteiger partial charge in [-0.25, -0.2) is 0 Å². The van der Waals surface area contributed by atoms with E-state index in [1.165, 1.54) is 40.0 Å². The number of fused-ring (bicyclic) bond motifs is 1. The van der Waals surface area contributed by atoms with E-state index in [0.29, 0.717) is 6.04 Å². The van der Waals surface area contributed by atoms with Crippen LogP contribution in [0.4, 0.5) is 0 Å². The van der Waals surface area contributed by atoms with E-state index in [4.69, 9.17) is 0 Å². The third-order valence-corrected chi connectivity index (χ3v) is 4.69. The van der Waals surface area contributed by atoms with Gasteiger partial charge in [0.05, 0.1) is 0 Å². The van der Waals surface area contributed by atoms with Crippen molar-refractivity contribution in [1.29, 1.82) is 0 Å². The lowest BCUT2D eigenvalue weighted by molar-refractivity contribution is 0.549. The van der Waals surface area contributed by atoms with Gasteiger partial charge in [-0.05, 0) is 66.1 Å². The van der Waals surface area contributed by atoms with Crippen molar-refractivity contribution in [3.63, 3.8) is 0 Å². The van der Waals surface area contributed by atoms with Gasteiger partial charge in [0, 0.05) is 10.9 Å². The minimum Gasteiger partial charge on any atom is -0.310 e. The van der Waals surface area contributed by atoms with Crippen LogP contribution in [0, 0.1) is 6.92 Å². The van der Waals surface area contributed by atoms with E-state index in [1.807, 2.05) is 11.3 Å². The van der Waals surface area contributed by atoms with Crippen LogP contribution in [0.5, 0.6) is 0 Å². The first kappa shape index (κ1) is 11.9. The minimum absolute atomic E-state index is 0.559. The fraction of sp³-hybridized carbons (Fsp3) is 0.375. The Morgan fingerprint density at radius 1 is 1.33 bits per heavy atom. The van der Waals surface area contributed by atoms with Crippen molar-refractivity contribution in [2.24, 2.45) is 0 Å². The Hall–Kier alpha value is -1.12. The lowest BCUT2D eigenvalue weighted by Gasteiger charge is -2.13. The summed E-state index contributed by atoms with van der Waals surface area (Å²) in [5.41, 5.74) is 5.81. The summed E-state index contributed by atoms with van der Waals surface area (Å²) in [6, 6.07) is 9.79. The first-order chi connectivity index (χ1) is 8.79. The van der Waals surface area contributed by atoms with Crippen LogP contribution >= 0.6 is 11.3 Å². The molecule has 1 aromatic heterocycles. The zero-order valence-electron chi connectivity index (χ0n) is 11.0. The second-order valence-electron chi connectivity index (χ2n) is 4.95. The first-order valence-electron chi connectivity index (χ1n) is 6.70. The highest BCUT2D eigenvalue weighted by Gasteiger charge is 2.22. The lowest BCUT2D eigenvalue weighted by Crippen LogP contribution is -2.18. The fourth-order valence-corrected chi connectivity index (χ4v) is 3.63. The molecule has 2 heteroatoms. The molecule has 0 bridgehead atoms. The molecule has 0 fully saturated rings. The van der Waals surface area contributed by atoms with Crippen molar-refractivity contribution in [1.82, 2.24) is 5.32 Å². The fourth-order valence-electron chi connectivity index (χ4n) is 2.91. The van der Waals surface area contributed by atoms with Crippen LogP contribution < -0.4 is 5.32 Å². The molecule has 0 radical (unpaired) electrons. The monoisotopic (exact) mass is 257 g/mol. The van der Waals surface area contributed by atoms with Crippen molar-refractivity contribution in [3.05, 3.63) is 45.6 Å². The van der Waals surface area contributed by atoms with E-state index in [2.05, 4.69) is 48.8 Å². The Morgan fingerprint density at radius 3 is 2.94 bits per heavy atom. The lowest BCUT2D eigenvalue weighted by atomic mass is 10.00. The molecule has 18 heavy (non-hydrogen) atoms. The van der Waals surface area contributed by atoms with Crippen molar-refractivity contribution < 1.29 is 0 Å². The third-order valence-electron chi connectivity index (χ3n) is 3.84. The Labute approximate surface area is 113 Å². The number of hydrogen-bond acceptors (Lipinski definition) is 2. The summed E-state index contributed by atoms with van der Waals surface area (Å²) < 4.78 is 0. The highest BCUT2D eigenvalue weighted by atomic mass is 32.1. The highest BCUT2D eigenvalue weighted by molar-refractivity contribution is 7.10. The molecular weight excluding hydrogens is 238 g/mol. The number of nitrogens with one attached hydrogen (secondary N) is 1. The van der Waals surface area contributed by atoms with Gasteiger partial charge in [-0.15, -0.1) is 11.3 Å². The number of thiophene rings is 1. The molecule has 3 rings (SSSR count). The van der Waals surface area contributed by atoms with E-state index in [1.54, 1.807) is 0 Å². The maximum atomic E-state index is 3.59. The van der Waals surface area contributed by atoms with E-state index < -0.39 is 0 Å². The molecule has 1 aliphatic carbocycles. The molecule has 1 aliphatic rings. The summed E-state index contributed by atoms with van der Waals surface area (Å²) in [6.45, 7) is 5.44. The van der Waals surface area contributed by atoms with E-state index in [-0.39, 0.29) is 0 Å². The van der Waals surface area contributed by atoms with Crippen LogP contribution in [0.3, 0.4) is 0 Å². The summed E-state index contributed by atoms with van der Waals surface area (Å²) in [5, 5.41) is 5.77. The summed E-state index contributed by atoms with van der Waals surface area (Å²) in [5.74, 6) is 0. The van der Waals surface area contributed by atoms with E-state index in [0.717, 1.165) is 6.54 Å². The minimum atomic E-state index is 0.559. The van der Waals surface area contributed by atoms with E-state index >= 15 is 0 Å². The summed E-state index contributed by atoms with van der Waals surface area (Å²) in [7, 11) is 0. The largest absolute Gasteiger partial charge is 0.310 e. The van der Waals surface area contributed by atoms with Crippen molar-refractivity contribution in [2.45, 2.75) is 32.7 Å². The number of aryl methyl sites for hydroxylation is 2. The normalized spacial score (nSPS) is 18.0. The van der Waals surface area contributed by atoms with Gasteiger partial charge in [0.2, 0.25) is 0 Å². The maximum absolute atomic E-state index is 3.59. The van der Waals surface area contributed by atoms with Gasteiger partial charge in [-0.2, -0.15) is 0 Å². The van der Waals surface area contributed by atoms with Crippen molar-refractivity contribution >= 4 is 11.3 Å². The Balaban J connectivity index is 2.00. The molecule has 94 valence electrons.